The number of hydrogen-bond acceptors (Lipinski definition) is 2. The molecule has 0 saturated carbocycles. The summed E-state index contributed by atoms with van der Waals surface area (Å²) in [6.07, 6.45) is 2.91. The normalized spacial score (nSPS) is 14.2. The molecule has 92 valence electrons. The van der Waals surface area contributed by atoms with Crippen molar-refractivity contribution in [1.29, 1.82) is 0 Å². The second-order valence-electron chi connectivity index (χ2n) is 5.20. The third-order valence-corrected chi connectivity index (χ3v) is 2.80. The molecule has 0 bridgehead atoms. The summed E-state index contributed by atoms with van der Waals surface area (Å²) < 4.78 is 5.59. The van der Waals surface area contributed by atoms with E-state index in [1.807, 2.05) is 0 Å². The van der Waals surface area contributed by atoms with Crippen LogP contribution in [0.2, 0.25) is 0 Å². The summed E-state index contributed by atoms with van der Waals surface area (Å²) in [5, 5.41) is 0. The largest absolute Gasteiger partial charge is 0.379 e. The average Bonchev–Trinajstić information content (AvgIpc) is 2.14. The van der Waals surface area contributed by atoms with Crippen molar-refractivity contribution in [3.63, 3.8) is 0 Å². The highest BCUT2D eigenvalue weighted by molar-refractivity contribution is 4.59. The molecule has 15 heavy (non-hydrogen) atoms. The fourth-order valence-electron chi connectivity index (χ4n) is 1.39. The summed E-state index contributed by atoms with van der Waals surface area (Å²) in [7, 11) is 2.19. The maximum Gasteiger partial charge on any atom is 0.0519 e. The van der Waals surface area contributed by atoms with Gasteiger partial charge in [0.15, 0.2) is 0 Å². The van der Waals surface area contributed by atoms with Gasteiger partial charge in [0.05, 0.1) is 6.10 Å². The van der Waals surface area contributed by atoms with Crippen LogP contribution in [0, 0.1) is 5.92 Å². The van der Waals surface area contributed by atoms with E-state index in [1.165, 1.54) is 19.4 Å². The molecule has 0 aromatic carbocycles. The van der Waals surface area contributed by atoms with E-state index in [2.05, 4.69) is 46.6 Å². The van der Waals surface area contributed by atoms with Crippen molar-refractivity contribution < 1.29 is 4.74 Å². The van der Waals surface area contributed by atoms with Crippen LogP contribution in [-0.4, -0.2) is 37.2 Å². The minimum absolute atomic E-state index is 0.366. The van der Waals surface area contributed by atoms with Gasteiger partial charge in [0.1, 0.15) is 0 Å². The molecule has 1 atom stereocenters. The highest BCUT2D eigenvalue weighted by Crippen LogP contribution is 2.08. The van der Waals surface area contributed by atoms with Crippen molar-refractivity contribution in [1.82, 2.24) is 4.90 Å². The van der Waals surface area contributed by atoms with Crippen molar-refractivity contribution in [2.75, 3.05) is 20.2 Å². The molecule has 0 N–H and O–H groups in total. The molecule has 2 nitrogen and oxygen atoms in total. The van der Waals surface area contributed by atoms with Gasteiger partial charge < -0.3 is 9.64 Å². The Bertz CT molecular complexity index is 145. The van der Waals surface area contributed by atoms with Gasteiger partial charge in [0, 0.05) is 12.6 Å². The summed E-state index contributed by atoms with van der Waals surface area (Å²) in [5.74, 6) is 0.688. The summed E-state index contributed by atoms with van der Waals surface area (Å²) >= 11 is 0. The number of rotatable bonds is 8. The van der Waals surface area contributed by atoms with Crippen molar-refractivity contribution in [2.24, 2.45) is 5.92 Å². The highest BCUT2D eigenvalue weighted by Gasteiger charge is 2.06. The molecule has 0 radical (unpaired) electrons. The Hall–Kier alpha value is -0.0800. The van der Waals surface area contributed by atoms with Crippen LogP contribution in [0.4, 0.5) is 0 Å². The van der Waals surface area contributed by atoms with E-state index >= 15 is 0 Å². The predicted molar refractivity (Wildman–Crippen MR) is 67.3 cm³/mol. The molecule has 0 heterocycles. The zero-order chi connectivity index (χ0) is 11.8. The van der Waals surface area contributed by atoms with Gasteiger partial charge in [0.25, 0.3) is 0 Å². The van der Waals surface area contributed by atoms with E-state index in [9.17, 15) is 0 Å². The van der Waals surface area contributed by atoms with Crippen molar-refractivity contribution in [2.45, 2.75) is 59.6 Å². The minimum Gasteiger partial charge on any atom is -0.379 e. The number of hydrogen-bond donors (Lipinski definition) is 0. The number of nitrogens with zero attached hydrogens (tertiary/aromatic N) is 1. The molecule has 0 aliphatic carbocycles. The van der Waals surface area contributed by atoms with Crippen molar-refractivity contribution >= 4 is 0 Å². The maximum atomic E-state index is 5.59. The summed E-state index contributed by atoms with van der Waals surface area (Å²) in [4.78, 5) is 2.40. The molecule has 2 heteroatoms. The molecule has 0 rings (SSSR count). The lowest BCUT2D eigenvalue weighted by atomic mass is 10.1. The molecule has 0 aromatic rings. The quantitative estimate of drug-likeness (QED) is 0.616. The number of ether oxygens (including phenoxy) is 1. The topological polar surface area (TPSA) is 12.5 Å². The highest BCUT2D eigenvalue weighted by atomic mass is 16.5. The first-order chi connectivity index (χ1) is 6.93. The monoisotopic (exact) mass is 215 g/mol. The fraction of sp³-hybridized carbons (Fsp3) is 1.00. The molecule has 0 amide bonds. The third kappa shape index (κ3) is 8.88. The standard InChI is InChI=1S/C13H29NO/c1-11(2)14(6)9-7-8-13(5)10-15-12(3)4/h11-13H,7-10H2,1-6H3. The molecule has 0 fully saturated rings. The first kappa shape index (κ1) is 14.9. The van der Waals surface area contributed by atoms with Crippen LogP contribution >= 0.6 is 0 Å². The SMILES string of the molecule is CC(CCCN(C)C(C)C)COC(C)C. The van der Waals surface area contributed by atoms with Gasteiger partial charge in [0.2, 0.25) is 0 Å². The van der Waals surface area contributed by atoms with Gasteiger partial charge in [-0.25, -0.2) is 0 Å². The third-order valence-electron chi connectivity index (χ3n) is 2.80. The predicted octanol–water partition coefficient (Wildman–Crippen LogP) is 3.17. The lowest BCUT2D eigenvalue weighted by Crippen LogP contribution is -2.27. The van der Waals surface area contributed by atoms with Crippen LogP contribution < -0.4 is 0 Å². The first-order valence-corrected chi connectivity index (χ1v) is 6.25. The summed E-state index contributed by atoms with van der Waals surface area (Å²) in [5.41, 5.74) is 0. The molecule has 0 aromatic heterocycles. The lowest BCUT2D eigenvalue weighted by Gasteiger charge is -2.22. The maximum absolute atomic E-state index is 5.59. The van der Waals surface area contributed by atoms with Crippen LogP contribution in [0.1, 0.15) is 47.5 Å². The molecule has 0 saturated heterocycles. The van der Waals surface area contributed by atoms with Crippen LogP contribution in [0.25, 0.3) is 0 Å². The lowest BCUT2D eigenvalue weighted by molar-refractivity contribution is 0.0521. The van der Waals surface area contributed by atoms with Gasteiger partial charge >= 0.3 is 0 Å². The first-order valence-electron chi connectivity index (χ1n) is 6.25. The molecule has 0 aliphatic heterocycles. The van der Waals surface area contributed by atoms with Crippen molar-refractivity contribution in [3.05, 3.63) is 0 Å². The van der Waals surface area contributed by atoms with Gasteiger partial charge in [-0.3, -0.25) is 0 Å². The van der Waals surface area contributed by atoms with Gasteiger partial charge in [-0.05, 0) is 60.0 Å². The minimum atomic E-state index is 0.366. The molecule has 0 aliphatic rings. The van der Waals surface area contributed by atoms with Gasteiger partial charge in [-0.15, -0.1) is 0 Å². The molecular formula is C13H29NO. The second-order valence-corrected chi connectivity index (χ2v) is 5.20. The van der Waals surface area contributed by atoms with E-state index in [-0.39, 0.29) is 0 Å². The van der Waals surface area contributed by atoms with Gasteiger partial charge in [-0.1, -0.05) is 6.92 Å². The zero-order valence-electron chi connectivity index (χ0n) is 11.4. The Morgan fingerprint density at radius 2 is 1.67 bits per heavy atom. The fourth-order valence-corrected chi connectivity index (χ4v) is 1.39. The van der Waals surface area contributed by atoms with Crippen LogP contribution in [0.15, 0.2) is 0 Å². The van der Waals surface area contributed by atoms with Crippen molar-refractivity contribution in [3.8, 4) is 0 Å². The summed E-state index contributed by atoms with van der Waals surface area (Å²) in [6.45, 7) is 13.1. The van der Waals surface area contributed by atoms with Crippen LogP contribution in [0.5, 0.6) is 0 Å². The van der Waals surface area contributed by atoms with Crippen LogP contribution in [-0.2, 0) is 4.74 Å². The molecular weight excluding hydrogens is 186 g/mol. The van der Waals surface area contributed by atoms with Gasteiger partial charge in [-0.2, -0.15) is 0 Å². The average molecular weight is 215 g/mol. The van der Waals surface area contributed by atoms with E-state index in [0.717, 1.165) is 6.61 Å². The Kier molecular flexibility index (Phi) is 8.07. The smallest absolute Gasteiger partial charge is 0.0519 e. The van der Waals surface area contributed by atoms with E-state index in [4.69, 9.17) is 4.74 Å². The van der Waals surface area contributed by atoms with E-state index in [1.54, 1.807) is 0 Å². The summed E-state index contributed by atoms with van der Waals surface area (Å²) in [6, 6.07) is 0.659. The molecule has 0 spiro atoms. The Morgan fingerprint density at radius 1 is 1.07 bits per heavy atom. The van der Waals surface area contributed by atoms with Crippen LogP contribution in [0.3, 0.4) is 0 Å². The van der Waals surface area contributed by atoms with E-state index < -0.39 is 0 Å². The van der Waals surface area contributed by atoms with E-state index in [0.29, 0.717) is 18.1 Å². The second kappa shape index (κ2) is 8.12. The Morgan fingerprint density at radius 3 is 2.13 bits per heavy atom. The molecule has 1 unspecified atom stereocenters. The Balaban J connectivity index is 3.42. The Labute approximate surface area is 96.0 Å². The zero-order valence-corrected chi connectivity index (χ0v) is 11.4.